The van der Waals surface area contributed by atoms with Gasteiger partial charge in [0.25, 0.3) is 17.3 Å². The van der Waals surface area contributed by atoms with Gasteiger partial charge in [0, 0.05) is 35.6 Å². The van der Waals surface area contributed by atoms with Gasteiger partial charge in [-0.1, -0.05) is 41.3 Å². The molecule has 0 atom stereocenters. The van der Waals surface area contributed by atoms with Crippen molar-refractivity contribution in [2.45, 2.75) is 10.1 Å². The van der Waals surface area contributed by atoms with Gasteiger partial charge in [-0.15, -0.1) is 10.2 Å². The van der Waals surface area contributed by atoms with E-state index in [2.05, 4.69) is 15.5 Å². The molecule has 0 aliphatic rings. The molecule has 0 aliphatic carbocycles. The molecule has 0 bridgehead atoms. The molecule has 0 spiro atoms. The topological polar surface area (TPSA) is 141 Å². The lowest BCUT2D eigenvalue weighted by Gasteiger charge is -2.01. The Kier molecular flexibility index (Phi) is 5.91. The predicted octanol–water partition coefficient (Wildman–Crippen LogP) is 3.90. The molecule has 0 saturated carbocycles. The van der Waals surface area contributed by atoms with Crippen molar-refractivity contribution >= 4 is 45.5 Å². The molecule has 0 unspecified atom stereocenters. The molecule has 3 aromatic rings. The highest BCUT2D eigenvalue weighted by atomic mass is 32.2. The molecule has 0 saturated heterocycles. The first kappa shape index (κ1) is 19.4. The maximum absolute atomic E-state index is 12.2. The predicted molar refractivity (Wildman–Crippen MR) is 104 cm³/mol. The van der Waals surface area contributed by atoms with Crippen molar-refractivity contribution in [1.29, 1.82) is 0 Å². The van der Waals surface area contributed by atoms with Gasteiger partial charge in [-0.05, 0) is 11.6 Å². The Morgan fingerprint density at radius 2 is 1.71 bits per heavy atom. The van der Waals surface area contributed by atoms with Crippen LogP contribution in [0.25, 0.3) is 0 Å². The van der Waals surface area contributed by atoms with Crippen molar-refractivity contribution in [3.63, 3.8) is 0 Å². The van der Waals surface area contributed by atoms with E-state index in [0.29, 0.717) is 10.1 Å². The molecular weight excluding hydrogens is 406 g/mol. The van der Waals surface area contributed by atoms with Crippen molar-refractivity contribution in [2.75, 3.05) is 5.32 Å². The number of hydrogen-bond acceptors (Lipinski definition) is 9. The van der Waals surface area contributed by atoms with E-state index in [-0.39, 0.29) is 22.1 Å². The fourth-order valence-corrected chi connectivity index (χ4v) is 3.84. The summed E-state index contributed by atoms with van der Waals surface area (Å²) in [7, 11) is 0. The van der Waals surface area contributed by atoms with Crippen LogP contribution >= 0.6 is 23.1 Å². The van der Waals surface area contributed by atoms with Crippen LogP contribution in [0.4, 0.5) is 16.5 Å². The maximum atomic E-state index is 12.2. The number of benzene rings is 2. The summed E-state index contributed by atoms with van der Waals surface area (Å²) in [5, 5.41) is 32.2. The number of hydrogen-bond donors (Lipinski definition) is 1. The number of rotatable bonds is 7. The molecule has 1 heterocycles. The van der Waals surface area contributed by atoms with Crippen LogP contribution in [-0.4, -0.2) is 26.0 Å². The summed E-state index contributed by atoms with van der Waals surface area (Å²) in [4.78, 5) is 32.8. The maximum Gasteiger partial charge on any atom is 0.270 e. The molecule has 28 heavy (non-hydrogen) atoms. The third kappa shape index (κ3) is 4.86. The second kappa shape index (κ2) is 8.54. The van der Waals surface area contributed by atoms with Crippen LogP contribution in [0.5, 0.6) is 0 Å². The van der Waals surface area contributed by atoms with Crippen molar-refractivity contribution in [3.05, 3.63) is 79.9 Å². The van der Waals surface area contributed by atoms with Crippen LogP contribution in [0, 0.1) is 20.2 Å². The zero-order valence-corrected chi connectivity index (χ0v) is 15.6. The average molecular weight is 417 g/mol. The van der Waals surface area contributed by atoms with Gasteiger partial charge in [-0.3, -0.25) is 30.3 Å². The van der Waals surface area contributed by atoms with E-state index in [0.717, 1.165) is 16.9 Å². The summed E-state index contributed by atoms with van der Waals surface area (Å²) >= 11 is 2.46. The monoisotopic (exact) mass is 417 g/mol. The third-order valence-electron chi connectivity index (χ3n) is 3.43. The van der Waals surface area contributed by atoms with Crippen LogP contribution in [-0.2, 0) is 5.75 Å². The molecule has 10 nitrogen and oxygen atoms in total. The molecule has 12 heteroatoms. The number of nitrogens with one attached hydrogen (secondary N) is 1. The molecule has 142 valence electrons. The number of nitrogens with zero attached hydrogens (tertiary/aromatic N) is 4. The van der Waals surface area contributed by atoms with E-state index in [1.54, 1.807) is 12.1 Å². The quantitative estimate of drug-likeness (QED) is 0.264. The van der Waals surface area contributed by atoms with Crippen LogP contribution in [0.3, 0.4) is 0 Å². The molecule has 1 amide bonds. The van der Waals surface area contributed by atoms with Crippen LogP contribution < -0.4 is 5.32 Å². The number of non-ortho nitro benzene ring substituents is 2. The van der Waals surface area contributed by atoms with Gasteiger partial charge in [0.15, 0.2) is 4.34 Å². The molecule has 0 fully saturated rings. The Hall–Kier alpha value is -3.38. The first-order chi connectivity index (χ1) is 13.4. The fraction of sp³-hybridized carbons (Fsp3) is 0.0625. The summed E-state index contributed by atoms with van der Waals surface area (Å²) in [5.41, 5.74) is 0.727. The molecule has 1 N–H and O–H groups in total. The smallest absolute Gasteiger partial charge is 0.270 e. The lowest BCUT2D eigenvalue weighted by molar-refractivity contribution is -0.385. The number of nitro groups is 2. The van der Waals surface area contributed by atoms with Crippen LogP contribution in [0.1, 0.15) is 15.9 Å². The Morgan fingerprint density at radius 3 is 2.43 bits per heavy atom. The summed E-state index contributed by atoms with van der Waals surface area (Å²) < 4.78 is 0.570. The van der Waals surface area contributed by atoms with Gasteiger partial charge < -0.3 is 0 Å². The minimum absolute atomic E-state index is 0.0141. The second-order valence-electron chi connectivity index (χ2n) is 5.35. The first-order valence-corrected chi connectivity index (χ1v) is 9.48. The molecule has 3 rings (SSSR count). The number of amides is 1. The van der Waals surface area contributed by atoms with E-state index in [4.69, 9.17) is 0 Å². The normalized spacial score (nSPS) is 10.4. The van der Waals surface area contributed by atoms with E-state index < -0.39 is 15.8 Å². The van der Waals surface area contributed by atoms with Gasteiger partial charge in [0.1, 0.15) is 0 Å². The zero-order chi connectivity index (χ0) is 20.1. The second-order valence-corrected chi connectivity index (χ2v) is 7.55. The Morgan fingerprint density at radius 1 is 1.04 bits per heavy atom. The van der Waals surface area contributed by atoms with Crippen LogP contribution in [0.15, 0.2) is 52.9 Å². The Bertz CT molecular complexity index is 1060. The minimum Gasteiger partial charge on any atom is -0.296 e. The lowest BCUT2D eigenvalue weighted by Crippen LogP contribution is -2.11. The van der Waals surface area contributed by atoms with E-state index >= 15 is 0 Å². The molecule has 0 aliphatic heterocycles. The van der Waals surface area contributed by atoms with Crippen molar-refractivity contribution < 1.29 is 14.6 Å². The van der Waals surface area contributed by atoms with E-state index in [9.17, 15) is 25.0 Å². The number of anilines is 1. The summed E-state index contributed by atoms with van der Waals surface area (Å²) in [5.74, 6) is -0.0788. The van der Waals surface area contributed by atoms with E-state index in [1.807, 2.05) is 0 Å². The standard InChI is InChI=1S/C16H11N5O5S2/c22-14(11-4-2-6-13(8-11)21(25)26)17-15-18-19-16(28-15)27-9-10-3-1-5-12(7-10)20(23)24/h1-8H,9H2,(H,17,18,22). The molecular formula is C16H11N5O5S2. The number of thioether (sulfide) groups is 1. The summed E-state index contributed by atoms with van der Waals surface area (Å²) in [6.07, 6.45) is 0. The third-order valence-corrected chi connectivity index (χ3v) is 5.47. The SMILES string of the molecule is O=C(Nc1nnc(SCc2cccc([N+](=O)[O-])c2)s1)c1cccc([N+](=O)[O-])c1. The highest BCUT2D eigenvalue weighted by molar-refractivity contribution is 8.00. The fourth-order valence-electron chi connectivity index (χ4n) is 2.15. The first-order valence-electron chi connectivity index (χ1n) is 7.68. The largest absolute Gasteiger partial charge is 0.296 e. The number of carbonyl (C=O) groups is 1. The highest BCUT2D eigenvalue weighted by Crippen LogP contribution is 2.29. The van der Waals surface area contributed by atoms with Gasteiger partial charge in [0.05, 0.1) is 9.85 Å². The number of carbonyl (C=O) groups excluding carboxylic acids is 1. The summed E-state index contributed by atoms with van der Waals surface area (Å²) in [6.45, 7) is 0. The highest BCUT2D eigenvalue weighted by Gasteiger charge is 2.14. The van der Waals surface area contributed by atoms with Crippen molar-refractivity contribution in [1.82, 2.24) is 10.2 Å². The van der Waals surface area contributed by atoms with Gasteiger partial charge in [-0.25, -0.2) is 0 Å². The molecule has 1 aromatic heterocycles. The van der Waals surface area contributed by atoms with Gasteiger partial charge in [-0.2, -0.15) is 0 Å². The van der Waals surface area contributed by atoms with Gasteiger partial charge >= 0.3 is 0 Å². The van der Waals surface area contributed by atoms with Crippen molar-refractivity contribution in [3.8, 4) is 0 Å². The van der Waals surface area contributed by atoms with Gasteiger partial charge in [0.2, 0.25) is 5.13 Å². The number of nitro benzene ring substituents is 2. The zero-order valence-electron chi connectivity index (χ0n) is 14.0. The summed E-state index contributed by atoms with van der Waals surface area (Å²) in [6, 6.07) is 11.6. The van der Waals surface area contributed by atoms with Crippen LogP contribution in [0.2, 0.25) is 0 Å². The Labute approximate surface area is 165 Å². The minimum atomic E-state index is -0.579. The Balaban J connectivity index is 1.62. The number of aromatic nitrogens is 2. The van der Waals surface area contributed by atoms with E-state index in [1.165, 1.54) is 48.2 Å². The average Bonchev–Trinajstić information content (AvgIpc) is 3.14. The lowest BCUT2D eigenvalue weighted by atomic mass is 10.2. The molecule has 0 radical (unpaired) electrons. The van der Waals surface area contributed by atoms with Crippen molar-refractivity contribution in [2.24, 2.45) is 0 Å². The molecule has 2 aromatic carbocycles.